The molecule has 1 aliphatic rings. The van der Waals surface area contributed by atoms with Gasteiger partial charge < -0.3 is 14.8 Å². The van der Waals surface area contributed by atoms with E-state index in [0.29, 0.717) is 5.92 Å². The minimum Gasteiger partial charge on any atom is -0.379 e. The molecule has 0 aliphatic heterocycles. The Kier molecular flexibility index (Phi) is 8.22. The topological polar surface area (TPSA) is 30.5 Å². The summed E-state index contributed by atoms with van der Waals surface area (Å²) in [6.07, 6.45) is 7.65. The van der Waals surface area contributed by atoms with Crippen LogP contribution in [-0.2, 0) is 9.47 Å². The van der Waals surface area contributed by atoms with Crippen molar-refractivity contribution < 1.29 is 9.47 Å². The summed E-state index contributed by atoms with van der Waals surface area (Å²) in [6.45, 7) is 14.3. The van der Waals surface area contributed by atoms with Crippen molar-refractivity contribution in [2.45, 2.75) is 84.3 Å². The van der Waals surface area contributed by atoms with Crippen molar-refractivity contribution in [3.63, 3.8) is 0 Å². The summed E-state index contributed by atoms with van der Waals surface area (Å²) in [7, 11) is 0. The first-order chi connectivity index (χ1) is 9.83. The lowest BCUT2D eigenvalue weighted by atomic mass is 9.92. The van der Waals surface area contributed by atoms with E-state index in [4.69, 9.17) is 9.47 Å². The second-order valence-corrected chi connectivity index (χ2v) is 8.02. The maximum absolute atomic E-state index is 6.34. The van der Waals surface area contributed by atoms with Gasteiger partial charge in [0.2, 0.25) is 0 Å². The predicted molar refractivity (Wildman–Crippen MR) is 89.8 cm³/mol. The summed E-state index contributed by atoms with van der Waals surface area (Å²) in [5.41, 5.74) is 0.168. The van der Waals surface area contributed by atoms with Crippen LogP contribution in [0.5, 0.6) is 0 Å². The SMILES string of the molecule is CC(C)COCCOC1(CNC(C)(C)C)CCCCCC1. The maximum Gasteiger partial charge on any atom is 0.0807 e. The summed E-state index contributed by atoms with van der Waals surface area (Å²) >= 11 is 0. The molecular weight excluding hydrogens is 262 g/mol. The number of ether oxygens (including phenoxy) is 2. The second kappa shape index (κ2) is 9.12. The van der Waals surface area contributed by atoms with Crippen LogP contribution in [0.3, 0.4) is 0 Å². The van der Waals surface area contributed by atoms with E-state index < -0.39 is 0 Å². The molecule has 0 bridgehead atoms. The van der Waals surface area contributed by atoms with Gasteiger partial charge in [-0.1, -0.05) is 39.5 Å². The Morgan fingerprint density at radius 3 is 2.14 bits per heavy atom. The second-order valence-electron chi connectivity index (χ2n) is 8.02. The largest absolute Gasteiger partial charge is 0.379 e. The van der Waals surface area contributed by atoms with E-state index in [1.165, 1.54) is 38.5 Å². The zero-order valence-electron chi connectivity index (χ0n) is 15.0. The molecule has 1 rings (SSSR count). The Hall–Kier alpha value is -0.120. The summed E-state index contributed by atoms with van der Waals surface area (Å²) in [5, 5.41) is 3.65. The highest BCUT2D eigenvalue weighted by Crippen LogP contribution is 2.30. The molecular formula is C18H37NO2. The fourth-order valence-corrected chi connectivity index (χ4v) is 2.81. The molecule has 3 heteroatoms. The molecule has 0 aromatic rings. The molecule has 126 valence electrons. The van der Waals surface area contributed by atoms with Crippen molar-refractivity contribution in [2.75, 3.05) is 26.4 Å². The molecule has 0 atom stereocenters. The molecule has 0 aromatic heterocycles. The number of nitrogens with one attached hydrogen (secondary N) is 1. The summed E-state index contributed by atoms with van der Waals surface area (Å²) in [4.78, 5) is 0. The average molecular weight is 299 g/mol. The van der Waals surface area contributed by atoms with Crippen LogP contribution in [0.1, 0.15) is 73.1 Å². The van der Waals surface area contributed by atoms with Gasteiger partial charge in [-0.3, -0.25) is 0 Å². The van der Waals surface area contributed by atoms with E-state index in [1.807, 2.05) is 0 Å². The molecule has 1 fully saturated rings. The first-order valence-electron chi connectivity index (χ1n) is 8.80. The molecule has 3 nitrogen and oxygen atoms in total. The van der Waals surface area contributed by atoms with Gasteiger partial charge in [0.25, 0.3) is 0 Å². The Bertz CT molecular complexity index is 263. The quantitative estimate of drug-likeness (QED) is 0.539. The van der Waals surface area contributed by atoms with Crippen LogP contribution < -0.4 is 5.32 Å². The Morgan fingerprint density at radius 2 is 1.62 bits per heavy atom. The first kappa shape index (κ1) is 18.9. The maximum atomic E-state index is 6.34. The van der Waals surface area contributed by atoms with Crippen molar-refractivity contribution in [3.8, 4) is 0 Å². The fraction of sp³-hybridized carbons (Fsp3) is 1.00. The van der Waals surface area contributed by atoms with Gasteiger partial charge in [0, 0.05) is 18.7 Å². The summed E-state index contributed by atoms with van der Waals surface area (Å²) < 4.78 is 12.0. The van der Waals surface area contributed by atoms with E-state index in [2.05, 4.69) is 39.9 Å². The molecule has 1 aliphatic carbocycles. The lowest BCUT2D eigenvalue weighted by Crippen LogP contribution is -2.49. The standard InChI is InChI=1S/C18H37NO2/c1-16(2)14-20-12-13-21-18(15-19-17(3,4)5)10-8-6-7-9-11-18/h16,19H,6-15H2,1-5H3. The highest BCUT2D eigenvalue weighted by molar-refractivity contribution is 4.88. The van der Waals surface area contributed by atoms with Gasteiger partial charge in [0.1, 0.15) is 0 Å². The van der Waals surface area contributed by atoms with Gasteiger partial charge in [-0.2, -0.15) is 0 Å². The Labute approximate surface area is 132 Å². The number of hydrogen-bond acceptors (Lipinski definition) is 3. The van der Waals surface area contributed by atoms with Crippen molar-refractivity contribution in [2.24, 2.45) is 5.92 Å². The van der Waals surface area contributed by atoms with Crippen LogP contribution >= 0.6 is 0 Å². The van der Waals surface area contributed by atoms with Gasteiger partial charge in [-0.25, -0.2) is 0 Å². The van der Waals surface area contributed by atoms with Gasteiger partial charge in [0.05, 0.1) is 18.8 Å². The van der Waals surface area contributed by atoms with Crippen LogP contribution in [0.15, 0.2) is 0 Å². The molecule has 0 aromatic carbocycles. The molecule has 1 saturated carbocycles. The molecule has 0 radical (unpaired) electrons. The molecule has 21 heavy (non-hydrogen) atoms. The monoisotopic (exact) mass is 299 g/mol. The molecule has 0 spiro atoms. The van der Waals surface area contributed by atoms with E-state index in [1.54, 1.807) is 0 Å². The minimum atomic E-state index is 0.0188. The van der Waals surface area contributed by atoms with Crippen LogP contribution in [0.25, 0.3) is 0 Å². The van der Waals surface area contributed by atoms with Crippen molar-refractivity contribution >= 4 is 0 Å². The lowest BCUT2D eigenvalue weighted by molar-refractivity contribution is -0.0792. The van der Waals surface area contributed by atoms with Crippen molar-refractivity contribution in [3.05, 3.63) is 0 Å². The van der Waals surface area contributed by atoms with E-state index >= 15 is 0 Å². The van der Waals surface area contributed by atoms with Crippen LogP contribution in [0, 0.1) is 5.92 Å². The molecule has 0 amide bonds. The van der Waals surface area contributed by atoms with Crippen LogP contribution in [0.4, 0.5) is 0 Å². The van der Waals surface area contributed by atoms with Crippen LogP contribution in [0.2, 0.25) is 0 Å². The van der Waals surface area contributed by atoms with E-state index in [0.717, 1.165) is 26.4 Å². The number of hydrogen-bond donors (Lipinski definition) is 1. The van der Waals surface area contributed by atoms with Gasteiger partial charge in [-0.15, -0.1) is 0 Å². The third-order valence-electron chi connectivity index (χ3n) is 4.04. The minimum absolute atomic E-state index is 0.0188. The average Bonchev–Trinajstić information content (AvgIpc) is 2.61. The summed E-state index contributed by atoms with van der Waals surface area (Å²) in [6, 6.07) is 0. The zero-order valence-corrected chi connectivity index (χ0v) is 15.0. The lowest BCUT2D eigenvalue weighted by Gasteiger charge is -2.36. The first-order valence-corrected chi connectivity index (χ1v) is 8.80. The van der Waals surface area contributed by atoms with Crippen molar-refractivity contribution in [1.29, 1.82) is 0 Å². The smallest absolute Gasteiger partial charge is 0.0807 e. The molecule has 0 saturated heterocycles. The van der Waals surface area contributed by atoms with E-state index in [-0.39, 0.29) is 11.1 Å². The Balaban J connectivity index is 2.43. The summed E-state index contributed by atoms with van der Waals surface area (Å²) in [5.74, 6) is 0.597. The van der Waals surface area contributed by atoms with E-state index in [9.17, 15) is 0 Å². The third-order valence-corrected chi connectivity index (χ3v) is 4.04. The van der Waals surface area contributed by atoms with Crippen LogP contribution in [-0.4, -0.2) is 37.5 Å². The van der Waals surface area contributed by atoms with Crippen molar-refractivity contribution in [1.82, 2.24) is 5.32 Å². The molecule has 0 unspecified atom stereocenters. The Morgan fingerprint density at radius 1 is 1.00 bits per heavy atom. The third kappa shape index (κ3) is 8.80. The van der Waals surface area contributed by atoms with Gasteiger partial charge >= 0.3 is 0 Å². The van der Waals surface area contributed by atoms with Gasteiger partial charge in [0.15, 0.2) is 0 Å². The molecule has 1 N–H and O–H groups in total. The highest BCUT2D eigenvalue weighted by atomic mass is 16.5. The predicted octanol–water partition coefficient (Wildman–Crippen LogP) is 4.16. The highest BCUT2D eigenvalue weighted by Gasteiger charge is 2.32. The number of rotatable bonds is 8. The van der Waals surface area contributed by atoms with Gasteiger partial charge in [-0.05, 0) is 39.5 Å². The zero-order chi connectivity index (χ0) is 15.8. The fourth-order valence-electron chi connectivity index (χ4n) is 2.81. The molecule has 0 heterocycles. The normalized spacial score (nSPS) is 19.7.